The lowest BCUT2D eigenvalue weighted by atomic mass is 9.97. The quantitative estimate of drug-likeness (QED) is 0.415. The van der Waals surface area contributed by atoms with Crippen molar-refractivity contribution in [3.63, 3.8) is 0 Å². The third-order valence-electron chi connectivity index (χ3n) is 5.22. The van der Waals surface area contributed by atoms with Gasteiger partial charge in [-0.1, -0.05) is 0 Å². The lowest BCUT2D eigenvalue weighted by Crippen LogP contribution is -2.49. The van der Waals surface area contributed by atoms with Crippen molar-refractivity contribution in [1.82, 2.24) is 4.90 Å². The Morgan fingerprint density at radius 2 is 1.97 bits per heavy atom. The molecule has 2 aliphatic rings. The molecule has 0 N–H and O–H groups in total. The normalized spacial score (nSPS) is 21.2. The molecule has 3 rings (SSSR count). The average Bonchev–Trinajstić information content (AvgIpc) is 2.68. The summed E-state index contributed by atoms with van der Waals surface area (Å²) in [5.74, 6) is -1.32. The molecular formula is C19H23N3O7. The fraction of sp³-hybridized carbons (Fsp3) is 0.526. The number of rotatable bonds is 5. The number of amides is 2. The fourth-order valence-corrected chi connectivity index (χ4v) is 3.78. The van der Waals surface area contributed by atoms with Crippen LogP contribution in [0.15, 0.2) is 18.2 Å². The van der Waals surface area contributed by atoms with Gasteiger partial charge in [0.2, 0.25) is 0 Å². The molecule has 2 amide bonds. The largest absolute Gasteiger partial charge is 0.482 e. The zero-order valence-corrected chi connectivity index (χ0v) is 16.3. The molecule has 10 nitrogen and oxygen atoms in total. The standard InChI is InChI=1S/C19H23N3O7/c1-12-4-3-5-13(2)21(12)18(24)11-29-19(25)9-20-15-8-14(22(26)27)6-7-16(15)28-10-17(20)23/h6-8,12-13H,3-5,9-11H2,1-2H3/t12-,13-/m1/s1. The molecule has 0 saturated carbocycles. The van der Waals surface area contributed by atoms with Gasteiger partial charge in [-0.25, -0.2) is 0 Å². The number of nitro benzene ring substituents is 1. The summed E-state index contributed by atoms with van der Waals surface area (Å²) in [7, 11) is 0. The number of carbonyl (C=O) groups is 3. The molecule has 1 saturated heterocycles. The SMILES string of the molecule is C[C@@H]1CCC[C@@H](C)N1C(=O)COC(=O)CN1C(=O)COc2ccc([N+](=O)[O-])cc21. The molecule has 1 aromatic carbocycles. The Bertz CT molecular complexity index is 831. The van der Waals surface area contributed by atoms with Crippen molar-refractivity contribution in [3.8, 4) is 5.75 Å². The molecule has 2 heterocycles. The number of esters is 1. The topological polar surface area (TPSA) is 119 Å². The van der Waals surface area contributed by atoms with E-state index in [1.54, 1.807) is 4.90 Å². The van der Waals surface area contributed by atoms with Crippen LogP contribution in [0.25, 0.3) is 0 Å². The van der Waals surface area contributed by atoms with Gasteiger partial charge in [0.15, 0.2) is 13.2 Å². The average molecular weight is 405 g/mol. The number of piperidine rings is 1. The van der Waals surface area contributed by atoms with E-state index in [4.69, 9.17) is 9.47 Å². The maximum Gasteiger partial charge on any atom is 0.326 e. The molecule has 156 valence electrons. The summed E-state index contributed by atoms with van der Waals surface area (Å²) >= 11 is 0. The van der Waals surface area contributed by atoms with Gasteiger partial charge >= 0.3 is 5.97 Å². The predicted molar refractivity (Wildman–Crippen MR) is 102 cm³/mol. The molecule has 0 spiro atoms. The van der Waals surface area contributed by atoms with Gasteiger partial charge < -0.3 is 14.4 Å². The number of benzene rings is 1. The van der Waals surface area contributed by atoms with E-state index in [2.05, 4.69) is 0 Å². The van der Waals surface area contributed by atoms with Gasteiger partial charge in [-0.3, -0.25) is 29.4 Å². The molecule has 1 fully saturated rings. The lowest BCUT2D eigenvalue weighted by molar-refractivity contribution is -0.384. The highest BCUT2D eigenvalue weighted by Crippen LogP contribution is 2.35. The van der Waals surface area contributed by atoms with Gasteiger partial charge in [0.05, 0.1) is 10.6 Å². The first-order valence-electron chi connectivity index (χ1n) is 9.46. The van der Waals surface area contributed by atoms with Crippen LogP contribution in [-0.4, -0.2) is 59.4 Å². The van der Waals surface area contributed by atoms with Crippen LogP contribution in [0.2, 0.25) is 0 Å². The number of hydrogen-bond acceptors (Lipinski definition) is 7. The van der Waals surface area contributed by atoms with Gasteiger partial charge in [-0.2, -0.15) is 0 Å². The Morgan fingerprint density at radius 1 is 1.28 bits per heavy atom. The molecule has 29 heavy (non-hydrogen) atoms. The van der Waals surface area contributed by atoms with Crippen molar-refractivity contribution in [3.05, 3.63) is 28.3 Å². The summed E-state index contributed by atoms with van der Waals surface area (Å²) in [6.45, 7) is 2.76. The third kappa shape index (κ3) is 4.47. The van der Waals surface area contributed by atoms with Crippen molar-refractivity contribution in [2.24, 2.45) is 0 Å². The van der Waals surface area contributed by atoms with Gasteiger partial charge in [-0.05, 0) is 39.2 Å². The van der Waals surface area contributed by atoms with E-state index >= 15 is 0 Å². The number of ether oxygens (including phenoxy) is 2. The number of non-ortho nitro benzene ring substituents is 1. The second kappa shape index (κ2) is 8.46. The van der Waals surface area contributed by atoms with Crippen LogP contribution in [0.3, 0.4) is 0 Å². The molecular weight excluding hydrogens is 382 g/mol. The first-order chi connectivity index (χ1) is 13.8. The molecule has 0 bridgehead atoms. The van der Waals surface area contributed by atoms with Gasteiger partial charge in [0, 0.05) is 24.2 Å². The van der Waals surface area contributed by atoms with E-state index < -0.39 is 30.0 Å². The van der Waals surface area contributed by atoms with Gasteiger partial charge in [-0.15, -0.1) is 0 Å². The van der Waals surface area contributed by atoms with E-state index in [1.807, 2.05) is 13.8 Å². The molecule has 0 radical (unpaired) electrons. The van der Waals surface area contributed by atoms with Crippen molar-refractivity contribution < 1.29 is 28.8 Å². The number of nitro groups is 1. The second-order valence-electron chi connectivity index (χ2n) is 7.27. The zero-order valence-electron chi connectivity index (χ0n) is 16.3. The molecule has 0 aliphatic carbocycles. The number of anilines is 1. The van der Waals surface area contributed by atoms with E-state index in [9.17, 15) is 24.5 Å². The third-order valence-corrected chi connectivity index (χ3v) is 5.22. The molecule has 1 aromatic rings. The summed E-state index contributed by atoms with van der Waals surface area (Å²) in [6, 6.07) is 3.96. The van der Waals surface area contributed by atoms with Crippen LogP contribution < -0.4 is 9.64 Å². The van der Waals surface area contributed by atoms with Crippen molar-refractivity contribution >= 4 is 29.2 Å². The second-order valence-corrected chi connectivity index (χ2v) is 7.27. The Hall–Kier alpha value is -3.17. The monoisotopic (exact) mass is 405 g/mol. The summed E-state index contributed by atoms with van der Waals surface area (Å²) in [5, 5.41) is 11.0. The summed E-state index contributed by atoms with van der Waals surface area (Å²) in [4.78, 5) is 50.1. The Labute approximate surface area is 167 Å². The Kier molecular flexibility index (Phi) is 6.00. The highest BCUT2D eigenvalue weighted by Gasteiger charge is 2.32. The van der Waals surface area contributed by atoms with Crippen LogP contribution in [0.5, 0.6) is 5.75 Å². The first kappa shape index (κ1) is 20.6. The minimum Gasteiger partial charge on any atom is -0.482 e. The highest BCUT2D eigenvalue weighted by molar-refractivity contribution is 6.01. The molecule has 0 unspecified atom stereocenters. The number of nitrogens with zero attached hydrogens (tertiary/aromatic N) is 3. The summed E-state index contributed by atoms with van der Waals surface area (Å²) in [5.41, 5.74) is -0.110. The van der Waals surface area contributed by atoms with Crippen LogP contribution >= 0.6 is 0 Å². The maximum atomic E-state index is 12.5. The summed E-state index contributed by atoms with van der Waals surface area (Å²) < 4.78 is 10.4. The maximum absolute atomic E-state index is 12.5. The molecule has 10 heteroatoms. The minimum atomic E-state index is -0.775. The Balaban J connectivity index is 1.65. The zero-order chi connectivity index (χ0) is 21.1. The van der Waals surface area contributed by atoms with Crippen LogP contribution in [0.4, 0.5) is 11.4 Å². The van der Waals surface area contributed by atoms with Crippen molar-refractivity contribution in [2.75, 3.05) is 24.7 Å². The molecule has 2 atom stereocenters. The van der Waals surface area contributed by atoms with Gasteiger partial charge in [0.25, 0.3) is 17.5 Å². The lowest BCUT2D eigenvalue weighted by Gasteiger charge is -2.38. The first-order valence-corrected chi connectivity index (χ1v) is 9.46. The van der Waals surface area contributed by atoms with E-state index in [0.717, 1.165) is 24.2 Å². The van der Waals surface area contributed by atoms with Crippen LogP contribution in [0, 0.1) is 10.1 Å². The fourth-order valence-electron chi connectivity index (χ4n) is 3.78. The van der Waals surface area contributed by atoms with E-state index in [0.29, 0.717) is 0 Å². The summed E-state index contributed by atoms with van der Waals surface area (Å²) in [6.07, 6.45) is 2.86. The Morgan fingerprint density at radius 3 is 2.62 bits per heavy atom. The molecule has 0 aromatic heterocycles. The van der Waals surface area contributed by atoms with Crippen molar-refractivity contribution in [1.29, 1.82) is 0 Å². The smallest absolute Gasteiger partial charge is 0.326 e. The van der Waals surface area contributed by atoms with Crippen LogP contribution in [0.1, 0.15) is 33.1 Å². The number of carbonyl (C=O) groups excluding carboxylic acids is 3. The number of fused-ring (bicyclic) bond motifs is 1. The molecule has 2 aliphatic heterocycles. The van der Waals surface area contributed by atoms with Crippen LogP contribution in [-0.2, 0) is 19.1 Å². The number of likely N-dealkylation sites (tertiary alicyclic amines) is 1. The van der Waals surface area contributed by atoms with E-state index in [-0.39, 0.29) is 41.7 Å². The van der Waals surface area contributed by atoms with E-state index in [1.165, 1.54) is 18.2 Å². The number of hydrogen-bond donors (Lipinski definition) is 0. The van der Waals surface area contributed by atoms with Gasteiger partial charge in [0.1, 0.15) is 12.3 Å². The highest BCUT2D eigenvalue weighted by atomic mass is 16.6. The minimum absolute atomic E-state index is 0.0817. The van der Waals surface area contributed by atoms with Crippen molar-refractivity contribution in [2.45, 2.75) is 45.2 Å². The predicted octanol–water partition coefficient (Wildman–Crippen LogP) is 1.65.